The van der Waals surface area contributed by atoms with Crippen molar-refractivity contribution in [3.8, 4) is 11.5 Å². The number of carbonyl (C=O) groups is 1. The van der Waals surface area contributed by atoms with E-state index >= 15 is 0 Å². The summed E-state index contributed by atoms with van der Waals surface area (Å²) in [5.41, 5.74) is 7.82. The van der Waals surface area contributed by atoms with Crippen molar-refractivity contribution in [2.45, 2.75) is 63.8 Å². The first-order chi connectivity index (χ1) is 19.0. The molecule has 0 aromatic heterocycles. The van der Waals surface area contributed by atoms with E-state index in [0.29, 0.717) is 12.6 Å². The third-order valence-corrected chi connectivity index (χ3v) is 8.83. The minimum Gasteiger partial charge on any atom is -0.493 e. The second-order valence-corrected chi connectivity index (χ2v) is 11.3. The van der Waals surface area contributed by atoms with Gasteiger partial charge >= 0.3 is 0 Å². The van der Waals surface area contributed by atoms with Crippen LogP contribution in [0.1, 0.15) is 39.8 Å². The molecule has 0 radical (unpaired) electrons. The molecule has 6 rings (SSSR count). The molecule has 3 aliphatic rings. The second kappa shape index (κ2) is 11.0. The highest BCUT2D eigenvalue weighted by Crippen LogP contribution is 2.35. The molecule has 2 aliphatic heterocycles. The van der Waals surface area contributed by atoms with Crippen molar-refractivity contribution in [2.75, 3.05) is 27.3 Å². The molecule has 0 bridgehead atoms. The number of hydrogen-bond acceptors (Lipinski definition) is 5. The maximum Gasteiger partial charge on any atom is 0.240 e. The summed E-state index contributed by atoms with van der Waals surface area (Å²) in [4.78, 5) is 18.8. The first-order valence-electron chi connectivity index (χ1n) is 14.2. The van der Waals surface area contributed by atoms with Gasteiger partial charge in [-0.15, -0.1) is 0 Å². The predicted molar refractivity (Wildman–Crippen MR) is 153 cm³/mol. The average molecular weight is 526 g/mol. The van der Waals surface area contributed by atoms with Crippen molar-refractivity contribution in [3.63, 3.8) is 0 Å². The van der Waals surface area contributed by atoms with Crippen LogP contribution in [0, 0.1) is 6.92 Å². The standard InChI is InChI=1S/C33H39N3O3/c1-22-7-6-8-23(13-22)19-34-28-18-30(36(21-28)29-14-24-9-4-5-10-25(24)15-29)33(37)35-12-11-26-16-31(38-2)32(39-3)17-27(26)20-35/h4-10,13,16-17,28-30,34H,11-12,14-15,18-21H2,1-3H3/t28-,30-/m0/s1. The molecular weight excluding hydrogens is 486 g/mol. The SMILES string of the molecule is COc1cc2c(cc1OC)CN(C(=O)[C@@H]1C[C@H](NCc3cccc(C)c3)CN1C1Cc3ccccc3C1)CC2. The Kier molecular flexibility index (Phi) is 7.32. The maximum absolute atomic E-state index is 14.2. The van der Waals surface area contributed by atoms with Gasteiger partial charge in [0, 0.05) is 38.3 Å². The highest BCUT2D eigenvalue weighted by atomic mass is 16.5. The van der Waals surface area contributed by atoms with Crippen molar-refractivity contribution in [2.24, 2.45) is 0 Å². The quantitative estimate of drug-likeness (QED) is 0.499. The number of fused-ring (bicyclic) bond motifs is 2. The maximum atomic E-state index is 14.2. The van der Waals surface area contributed by atoms with Crippen molar-refractivity contribution in [1.29, 1.82) is 0 Å². The summed E-state index contributed by atoms with van der Waals surface area (Å²) in [7, 11) is 3.33. The van der Waals surface area contributed by atoms with Crippen molar-refractivity contribution in [1.82, 2.24) is 15.1 Å². The van der Waals surface area contributed by atoms with Gasteiger partial charge in [-0.3, -0.25) is 9.69 Å². The highest BCUT2D eigenvalue weighted by molar-refractivity contribution is 5.83. The first kappa shape index (κ1) is 25.9. The first-order valence-corrected chi connectivity index (χ1v) is 14.2. The Morgan fingerprint density at radius 2 is 1.64 bits per heavy atom. The van der Waals surface area contributed by atoms with Crippen LogP contribution in [0.5, 0.6) is 11.5 Å². The van der Waals surface area contributed by atoms with E-state index in [-0.39, 0.29) is 18.0 Å². The minimum atomic E-state index is -0.110. The van der Waals surface area contributed by atoms with E-state index < -0.39 is 0 Å². The van der Waals surface area contributed by atoms with E-state index in [1.165, 1.54) is 27.8 Å². The predicted octanol–water partition coefficient (Wildman–Crippen LogP) is 4.30. The van der Waals surface area contributed by atoms with Crippen LogP contribution in [0.4, 0.5) is 0 Å². The highest BCUT2D eigenvalue weighted by Gasteiger charge is 2.43. The molecule has 1 saturated heterocycles. The number of nitrogens with one attached hydrogen (secondary N) is 1. The van der Waals surface area contributed by atoms with Gasteiger partial charge in [0.15, 0.2) is 11.5 Å². The van der Waals surface area contributed by atoms with Crippen LogP contribution in [0.3, 0.4) is 0 Å². The van der Waals surface area contributed by atoms with Crippen LogP contribution in [0.2, 0.25) is 0 Å². The number of benzene rings is 3. The third-order valence-electron chi connectivity index (χ3n) is 8.83. The molecular formula is C33H39N3O3. The topological polar surface area (TPSA) is 54.0 Å². The lowest BCUT2D eigenvalue weighted by Gasteiger charge is -2.36. The third kappa shape index (κ3) is 5.28. The molecule has 1 amide bonds. The summed E-state index contributed by atoms with van der Waals surface area (Å²) < 4.78 is 11.1. The van der Waals surface area contributed by atoms with Crippen LogP contribution in [0.15, 0.2) is 60.7 Å². The number of likely N-dealkylation sites (tertiary alicyclic amines) is 1. The Morgan fingerprint density at radius 3 is 2.33 bits per heavy atom. The van der Waals surface area contributed by atoms with Crippen LogP contribution < -0.4 is 14.8 Å². The Balaban J connectivity index is 1.20. The number of ether oxygens (including phenoxy) is 2. The van der Waals surface area contributed by atoms with Gasteiger partial charge in [-0.2, -0.15) is 0 Å². The van der Waals surface area contributed by atoms with E-state index in [2.05, 4.69) is 76.6 Å². The molecule has 2 heterocycles. The molecule has 3 aromatic rings. The van der Waals surface area contributed by atoms with Gasteiger partial charge in [0.2, 0.25) is 5.91 Å². The average Bonchev–Trinajstić information content (AvgIpc) is 3.59. The smallest absolute Gasteiger partial charge is 0.240 e. The molecule has 6 heteroatoms. The van der Waals surface area contributed by atoms with Gasteiger partial charge in [-0.25, -0.2) is 0 Å². The number of rotatable bonds is 7. The zero-order valence-corrected chi connectivity index (χ0v) is 23.3. The number of methoxy groups -OCH3 is 2. The van der Waals surface area contributed by atoms with E-state index in [9.17, 15) is 4.79 Å². The van der Waals surface area contributed by atoms with Gasteiger partial charge in [0.25, 0.3) is 0 Å². The molecule has 2 atom stereocenters. The molecule has 204 valence electrons. The van der Waals surface area contributed by atoms with Gasteiger partial charge in [-0.1, -0.05) is 54.1 Å². The Labute approximate surface area is 231 Å². The van der Waals surface area contributed by atoms with E-state index in [0.717, 1.165) is 62.4 Å². The van der Waals surface area contributed by atoms with Crippen LogP contribution in [-0.4, -0.2) is 61.1 Å². The molecule has 6 nitrogen and oxygen atoms in total. The van der Waals surface area contributed by atoms with Crippen LogP contribution in [0.25, 0.3) is 0 Å². The molecule has 3 aromatic carbocycles. The number of carbonyl (C=O) groups excluding carboxylic acids is 1. The fourth-order valence-electron chi connectivity index (χ4n) is 6.79. The summed E-state index contributed by atoms with van der Waals surface area (Å²) in [5, 5.41) is 3.79. The fraction of sp³-hybridized carbons (Fsp3) is 0.424. The van der Waals surface area contributed by atoms with E-state index in [1.54, 1.807) is 14.2 Å². The number of amides is 1. The summed E-state index contributed by atoms with van der Waals surface area (Å²) in [6, 6.07) is 22.1. The number of hydrogen-bond donors (Lipinski definition) is 1. The zero-order chi connectivity index (χ0) is 26.9. The lowest BCUT2D eigenvalue weighted by atomic mass is 9.97. The molecule has 1 N–H and O–H groups in total. The van der Waals surface area contributed by atoms with Gasteiger partial charge < -0.3 is 19.7 Å². The van der Waals surface area contributed by atoms with E-state index in [1.807, 2.05) is 6.07 Å². The van der Waals surface area contributed by atoms with Crippen molar-refractivity contribution < 1.29 is 14.3 Å². The molecule has 39 heavy (non-hydrogen) atoms. The Bertz CT molecular complexity index is 1330. The summed E-state index contributed by atoms with van der Waals surface area (Å²) in [6.07, 6.45) is 3.71. The summed E-state index contributed by atoms with van der Waals surface area (Å²) >= 11 is 0. The second-order valence-electron chi connectivity index (χ2n) is 11.3. The van der Waals surface area contributed by atoms with E-state index in [4.69, 9.17) is 9.47 Å². The van der Waals surface area contributed by atoms with Gasteiger partial charge in [0.05, 0.1) is 20.3 Å². The molecule has 0 saturated carbocycles. The summed E-state index contributed by atoms with van der Waals surface area (Å²) in [5.74, 6) is 1.73. The minimum absolute atomic E-state index is 0.110. The largest absolute Gasteiger partial charge is 0.493 e. The lowest BCUT2D eigenvalue weighted by molar-refractivity contribution is -0.137. The summed E-state index contributed by atoms with van der Waals surface area (Å²) in [6.45, 7) is 5.21. The van der Waals surface area contributed by atoms with Crippen molar-refractivity contribution in [3.05, 3.63) is 94.0 Å². The fourth-order valence-corrected chi connectivity index (χ4v) is 6.79. The normalized spacial score (nSPS) is 21.1. The molecule has 0 spiro atoms. The molecule has 1 aliphatic carbocycles. The molecule has 1 fully saturated rings. The van der Waals surface area contributed by atoms with Gasteiger partial charge in [-0.05, 0) is 72.6 Å². The Hall–Kier alpha value is -3.35. The van der Waals surface area contributed by atoms with Crippen molar-refractivity contribution >= 4 is 5.91 Å². The zero-order valence-electron chi connectivity index (χ0n) is 23.3. The number of aryl methyl sites for hydroxylation is 1. The number of nitrogens with zero attached hydrogens (tertiary/aromatic N) is 2. The molecule has 0 unspecified atom stereocenters. The van der Waals surface area contributed by atoms with Crippen LogP contribution >= 0.6 is 0 Å². The lowest BCUT2D eigenvalue weighted by Crippen LogP contribution is -2.50. The van der Waals surface area contributed by atoms with Gasteiger partial charge in [0.1, 0.15) is 0 Å². The Morgan fingerprint density at radius 1 is 0.923 bits per heavy atom. The van der Waals surface area contributed by atoms with Crippen LogP contribution in [-0.2, 0) is 37.1 Å². The monoisotopic (exact) mass is 525 g/mol.